The van der Waals surface area contributed by atoms with E-state index in [1.807, 2.05) is 30.3 Å². The topological polar surface area (TPSA) is 46.2 Å². The van der Waals surface area contributed by atoms with Gasteiger partial charge in [-0.2, -0.15) is 0 Å². The number of rotatable bonds is 6. The van der Waals surface area contributed by atoms with Crippen molar-refractivity contribution >= 4 is 39.2 Å². The van der Waals surface area contributed by atoms with Gasteiger partial charge in [0.2, 0.25) is 5.91 Å². The highest BCUT2D eigenvalue weighted by Gasteiger charge is 2.09. The van der Waals surface area contributed by atoms with E-state index >= 15 is 0 Å². The zero-order valence-corrected chi connectivity index (χ0v) is 14.2. The highest BCUT2D eigenvalue weighted by molar-refractivity contribution is 9.10. The molecule has 0 heterocycles. The van der Waals surface area contributed by atoms with Crippen LogP contribution in [0.25, 0.3) is 0 Å². The lowest BCUT2D eigenvalue weighted by Crippen LogP contribution is -2.23. The molecular formula is C17H15BrClNO2. The van der Waals surface area contributed by atoms with Gasteiger partial charge in [-0.05, 0) is 23.8 Å². The van der Waals surface area contributed by atoms with Crippen molar-refractivity contribution in [2.45, 2.75) is 19.4 Å². The highest BCUT2D eigenvalue weighted by Crippen LogP contribution is 2.15. The summed E-state index contributed by atoms with van der Waals surface area (Å²) in [4.78, 5) is 23.8. The van der Waals surface area contributed by atoms with Gasteiger partial charge in [0.15, 0.2) is 5.78 Å². The summed E-state index contributed by atoms with van der Waals surface area (Å²) in [6.07, 6.45) is 0.356. The fourth-order valence-corrected chi connectivity index (χ4v) is 2.40. The predicted octanol–water partition coefficient (Wildman–Crippen LogP) is 4.38. The van der Waals surface area contributed by atoms with Crippen molar-refractivity contribution in [1.82, 2.24) is 5.32 Å². The molecule has 1 N–H and O–H groups in total. The zero-order chi connectivity index (χ0) is 15.9. The summed E-state index contributed by atoms with van der Waals surface area (Å²) in [7, 11) is 0. The Kier molecular flexibility index (Phi) is 6.16. The van der Waals surface area contributed by atoms with Crippen LogP contribution >= 0.6 is 27.5 Å². The van der Waals surface area contributed by atoms with Gasteiger partial charge in [-0.25, -0.2) is 0 Å². The second-order valence-corrected chi connectivity index (χ2v) is 6.12. The average Bonchev–Trinajstić information content (AvgIpc) is 2.52. The van der Waals surface area contributed by atoms with Gasteiger partial charge in [0.1, 0.15) is 0 Å². The summed E-state index contributed by atoms with van der Waals surface area (Å²) >= 11 is 9.34. The first-order valence-corrected chi connectivity index (χ1v) is 8.02. The van der Waals surface area contributed by atoms with E-state index in [9.17, 15) is 9.59 Å². The molecule has 22 heavy (non-hydrogen) atoms. The number of Topliss-reactive ketones (excluding diaryl/α,β-unsaturated/α-hetero) is 1. The third-order valence-electron chi connectivity index (χ3n) is 3.18. The van der Waals surface area contributed by atoms with Crippen LogP contribution in [0, 0.1) is 0 Å². The zero-order valence-electron chi connectivity index (χ0n) is 11.8. The van der Waals surface area contributed by atoms with Crippen LogP contribution in [0.15, 0.2) is 53.0 Å². The third-order valence-corrected chi connectivity index (χ3v) is 4.08. The summed E-state index contributed by atoms with van der Waals surface area (Å²) < 4.78 is 0.918. The first-order valence-electron chi connectivity index (χ1n) is 6.85. The summed E-state index contributed by atoms with van der Waals surface area (Å²) in [6.45, 7) is 0.366. The van der Waals surface area contributed by atoms with Crippen LogP contribution in [0.3, 0.4) is 0 Å². The van der Waals surface area contributed by atoms with E-state index in [1.165, 1.54) is 0 Å². The monoisotopic (exact) mass is 379 g/mol. The number of halogens is 2. The fraction of sp³-hybridized carbons (Fsp3) is 0.176. The molecule has 0 aliphatic heterocycles. The Labute approximate surface area is 142 Å². The predicted molar refractivity (Wildman–Crippen MR) is 91.0 cm³/mol. The number of nitrogens with one attached hydrogen (secondary N) is 1. The molecule has 2 aromatic rings. The molecule has 0 aliphatic rings. The first-order chi connectivity index (χ1) is 10.6. The molecule has 2 aromatic carbocycles. The molecular weight excluding hydrogens is 366 g/mol. The molecule has 0 bridgehead atoms. The van der Waals surface area contributed by atoms with E-state index in [0.717, 1.165) is 10.0 Å². The van der Waals surface area contributed by atoms with E-state index in [1.54, 1.807) is 18.2 Å². The Balaban J connectivity index is 1.79. The smallest absolute Gasteiger partial charge is 0.220 e. The molecule has 0 spiro atoms. The molecule has 0 saturated heterocycles. The summed E-state index contributed by atoms with van der Waals surface area (Å²) in [5, 5.41) is 3.39. The standard InChI is InChI=1S/C17H15BrClNO2/c18-14-7-5-12(6-8-14)16(21)9-10-17(22)20-11-13-3-1-2-4-15(13)19/h1-8H,9-11H2,(H,20,22). The Morgan fingerprint density at radius 2 is 1.68 bits per heavy atom. The van der Waals surface area contributed by atoms with E-state index < -0.39 is 0 Å². The molecule has 0 atom stereocenters. The van der Waals surface area contributed by atoms with Crippen molar-refractivity contribution in [3.05, 3.63) is 69.2 Å². The third kappa shape index (κ3) is 4.97. The summed E-state index contributed by atoms with van der Waals surface area (Å²) in [6, 6.07) is 14.4. The van der Waals surface area contributed by atoms with Crippen molar-refractivity contribution in [1.29, 1.82) is 0 Å². The van der Waals surface area contributed by atoms with Crippen LogP contribution in [-0.2, 0) is 11.3 Å². The van der Waals surface area contributed by atoms with Crippen molar-refractivity contribution < 1.29 is 9.59 Å². The Morgan fingerprint density at radius 1 is 1.00 bits per heavy atom. The highest BCUT2D eigenvalue weighted by atomic mass is 79.9. The number of carbonyl (C=O) groups is 2. The molecule has 5 heteroatoms. The quantitative estimate of drug-likeness (QED) is 0.756. The van der Waals surface area contributed by atoms with Crippen LogP contribution in [0.1, 0.15) is 28.8 Å². The van der Waals surface area contributed by atoms with Crippen molar-refractivity contribution in [2.75, 3.05) is 0 Å². The van der Waals surface area contributed by atoms with Crippen LogP contribution < -0.4 is 5.32 Å². The lowest BCUT2D eigenvalue weighted by atomic mass is 10.1. The lowest BCUT2D eigenvalue weighted by Gasteiger charge is -2.07. The molecule has 0 aliphatic carbocycles. The molecule has 3 nitrogen and oxygen atoms in total. The Hall–Kier alpha value is -1.65. The van der Waals surface area contributed by atoms with E-state index in [4.69, 9.17) is 11.6 Å². The molecule has 0 unspecified atom stereocenters. The van der Waals surface area contributed by atoms with Crippen LogP contribution in [0.4, 0.5) is 0 Å². The first kappa shape index (κ1) is 16.7. The van der Waals surface area contributed by atoms with Gasteiger partial charge >= 0.3 is 0 Å². The van der Waals surface area contributed by atoms with Gasteiger partial charge in [-0.1, -0.05) is 57.9 Å². The van der Waals surface area contributed by atoms with E-state index in [0.29, 0.717) is 17.1 Å². The Bertz CT molecular complexity index is 671. The number of ketones is 1. The maximum Gasteiger partial charge on any atom is 0.220 e. The molecule has 0 fully saturated rings. The molecule has 0 radical (unpaired) electrons. The Morgan fingerprint density at radius 3 is 2.36 bits per heavy atom. The number of hydrogen-bond donors (Lipinski definition) is 1. The molecule has 2 rings (SSSR count). The van der Waals surface area contributed by atoms with E-state index in [2.05, 4.69) is 21.2 Å². The minimum atomic E-state index is -0.162. The number of hydrogen-bond acceptors (Lipinski definition) is 2. The number of carbonyl (C=O) groups excluding carboxylic acids is 2. The van der Waals surface area contributed by atoms with Gasteiger partial charge in [-0.3, -0.25) is 9.59 Å². The van der Waals surface area contributed by atoms with Crippen LogP contribution in [-0.4, -0.2) is 11.7 Å². The molecule has 114 valence electrons. The van der Waals surface area contributed by atoms with Crippen LogP contribution in [0.2, 0.25) is 5.02 Å². The van der Waals surface area contributed by atoms with Crippen molar-refractivity contribution in [2.24, 2.45) is 0 Å². The van der Waals surface area contributed by atoms with E-state index in [-0.39, 0.29) is 24.5 Å². The molecule has 0 aromatic heterocycles. The largest absolute Gasteiger partial charge is 0.352 e. The maximum absolute atomic E-state index is 12.0. The van der Waals surface area contributed by atoms with Gasteiger partial charge < -0.3 is 5.32 Å². The second-order valence-electron chi connectivity index (χ2n) is 4.80. The van der Waals surface area contributed by atoms with Gasteiger partial charge in [0, 0.05) is 34.4 Å². The summed E-state index contributed by atoms with van der Waals surface area (Å²) in [5.74, 6) is -0.203. The number of amides is 1. The van der Waals surface area contributed by atoms with Crippen LogP contribution in [0.5, 0.6) is 0 Å². The second kappa shape index (κ2) is 8.11. The van der Waals surface area contributed by atoms with Crippen molar-refractivity contribution in [3.63, 3.8) is 0 Å². The SMILES string of the molecule is O=C(CCC(=O)c1ccc(Br)cc1)NCc1ccccc1Cl. The lowest BCUT2D eigenvalue weighted by molar-refractivity contribution is -0.121. The van der Waals surface area contributed by atoms with Gasteiger partial charge in [-0.15, -0.1) is 0 Å². The van der Waals surface area contributed by atoms with Gasteiger partial charge in [0.25, 0.3) is 0 Å². The maximum atomic E-state index is 12.0. The molecule has 0 saturated carbocycles. The summed E-state index contributed by atoms with van der Waals surface area (Å²) in [5.41, 5.74) is 1.47. The van der Waals surface area contributed by atoms with Crippen molar-refractivity contribution in [3.8, 4) is 0 Å². The minimum Gasteiger partial charge on any atom is -0.352 e. The molecule has 1 amide bonds. The normalized spacial score (nSPS) is 10.3. The number of benzene rings is 2. The van der Waals surface area contributed by atoms with Gasteiger partial charge in [0.05, 0.1) is 0 Å². The fourth-order valence-electron chi connectivity index (χ4n) is 1.93. The average molecular weight is 381 g/mol. The minimum absolute atomic E-state index is 0.0413.